The van der Waals surface area contributed by atoms with Crippen molar-refractivity contribution in [2.75, 3.05) is 53.7 Å². The monoisotopic (exact) mass is 501 g/mol. The second kappa shape index (κ2) is 8.95. The van der Waals surface area contributed by atoms with Gasteiger partial charge in [0.15, 0.2) is 0 Å². The van der Waals surface area contributed by atoms with E-state index < -0.39 is 10.8 Å². The van der Waals surface area contributed by atoms with Crippen molar-refractivity contribution in [2.24, 2.45) is 11.8 Å². The molecule has 2 unspecified atom stereocenters. The van der Waals surface area contributed by atoms with Crippen molar-refractivity contribution < 1.29 is 9.32 Å². The van der Waals surface area contributed by atoms with Crippen molar-refractivity contribution in [3.05, 3.63) is 35.0 Å². The molecule has 182 valence electrons. The third-order valence-electron chi connectivity index (χ3n) is 8.10. The molecule has 7 nitrogen and oxygen atoms in total. The molecule has 1 saturated carbocycles. The first-order valence-electron chi connectivity index (χ1n) is 12.5. The van der Waals surface area contributed by atoms with Crippen LogP contribution in [0.25, 0.3) is 0 Å². The molecule has 0 amide bonds. The molecular formula is C25H32ClN5O2S. The summed E-state index contributed by atoms with van der Waals surface area (Å²) in [6, 6.07) is 8.12. The van der Waals surface area contributed by atoms with E-state index in [1.165, 1.54) is 5.69 Å². The van der Waals surface area contributed by atoms with Crippen LogP contribution in [0.4, 0.5) is 17.5 Å². The molecule has 2 N–H and O–H groups in total. The summed E-state index contributed by atoms with van der Waals surface area (Å²) in [5, 5.41) is 14.3. The van der Waals surface area contributed by atoms with Gasteiger partial charge in [0.2, 0.25) is 5.95 Å². The first-order valence-corrected chi connectivity index (χ1v) is 14.2. The van der Waals surface area contributed by atoms with Gasteiger partial charge in [0.25, 0.3) is 0 Å². The SMILES string of the molecule is O=[S@]1CCCCc2nc(N3CC4CN(c5ccc(Cl)cc5)CC4C3)nc(NC3(CO)CCC3)c21. The topological polar surface area (TPSA) is 81.6 Å². The Morgan fingerprint density at radius 3 is 2.38 bits per heavy atom. The second-order valence-corrected chi connectivity index (χ2v) is 12.3. The Balaban J connectivity index is 1.25. The number of aliphatic hydroxyl groups is 1. The largest absolute Gasteiger partial charge is 0.394 e. The molecule has 3 fully saturated rings. The van der Waals surface area contributed by atoms with Crippen LogP contribution in [0, 0.1) is 11.8 Å². The number of hydrogen-bond acceptors (Lipinski definition) is 7. The minimum atomic E-state index is -1.10. The predicted molar refractivity (Wildman–Crippen MR) is 136 cm³/mol. The van der Waals surface area contributed by atoms with Gasteiger partial charge in [-0.25, -0.2) is 4.98 Å². The molecule has 1 aliphatic carbocycles. The minimum absolute atomic E-state index is 0.0716. The number of halogens is 1. The summed E-state index contributed by atoms with van der Waals surface area (Å²) >= 11 is 6.07. The Hall–Kier alpha value is -1.90. The average molecular weight is 502 g/mol. The van der Waals surface area contributed by atoms with Crippen LogP contribution in [0.1, 0.15) is 37.8 Å². The molecule has 34 heavy (non-hydrogen) atoms. The Kier molecular flexibility index (Phi) is 5.94. The molecule has 1 aromatic carbocycles. The average Bonchev–Trinajstić information content (AvgIpc) is 3.33. The number of aliphatic hydroxyl groups excluding tert-OH is 1. The number of nitrogens with one attached hydrogen (secondary N) is 1. The van der Waals surface area contributed by atoms with Crippen molar-refractivity contribution in [3.63, 3.8) is 0 Å². The normalized spacial score (nSPS) is 27.6. The van der Waals surface area contributed by atoms with Gasteiger partial charge in [-0.15, -0.1) is 0 Å². The Morgan fingerprint density at radius 1 is 1.03 bits per heavy atom. The highest BCUT2D eigenvalue weighted by atomic mass is 35.5. The van der Waals surface area contributed by atoms with Crippen LogP contribution in [0.15, 0.2) is 29.2 Å². The number of anilines is 3. The molecular weight excluding hydrogens is 470 g/mol. The minimum Gasteiger partial charge on any atom is -0.394 e. The van der Waals surface area contributed by atoms with Gasteiger partial charge in [-0.3, -0.25) is 4.21 Å². The molecule has 4 aliphatic rings. The van der Waals surface area contributed by atoms with E-state index in [-0.39, 0.29) is 12.1 Å². The van der Waals surface area contributed by atoms with Gasteiger partial charge in [-0.2, -0.15) is 4.98 Å². The zero-order valence-corrected chi connectivity index (χ0v) is 21.0. The molecule has 3 aliphatic heterocycles. The molecule has 0 radical (unpaired) electrons. The van der Waals surface area contributed by atoms with Gasteiger partial charge in [-0.05, 0) is 62.8 Å². The summed E-state index contributed by atoms with van der Waals surface area (Å²) in [5.74, 6) is 3.23. The van der Waals surface area contributed by atoms with E-state index in [2.05, 4.69) is 27.2 Å². The van der Waals surface area contributed by atoms with E-state index >= 15 is 0 Å². The van der Waals surface area contributed by atoms with Crippen LogP contribution >= 0.6 is 11.6 Å². The summed E-state index contributed by atoms with van der Waals surface area (Å²) in [7, 11) is -1.10. The van der Waals surface area contributed by atoms with Gasteiger partial charge < -0.3 is 20.2 Å². The maximum atomic E-state index is 13.1. The molecule has 6 rings (SSSR count). The molecule has 2 saturated heterocycles. The van der Waals surface area contributed by atoms with E-state index in [4.69, 9.17) is 21.6 Å². The van der Waals surface area contributed by atoms with Crippen molar-refractivity contribution in [1.82, 2.24) is 9.97 Å². The number of aryl methyl sites for hydroxylation is 1. The maximum Gasteiger partial charge on any atom is 0.227 e. The van der Waals surface area contributed by atoms with Crippen molar-refractivity contribution in [3.8, 4) is 0 Å². The summed E-state index contributed by atoms with van der Waals surface area (Å²) in [6.07, 6.45) is 5.70. The highest BCUT2D eigenvalue weighted by Crippen LogP contribution is 2.40. The van der Waals surface area contributed by atoms with Crippen LogP contribution in [-0.2, 0) is 17.2 Å². The molecule has 4 heterocycles. The van der Waals surface area contributed by atoms with Crippen molar-refractivity contribution in [1.29, 1.82) is 0 Å². The number of rotatable bonds is 5. The first-order chi connectivity index (χ1) is 16.5. The third-order valence-corrected chi connectivity index (χ3v) is 9.90. The fourth-order valence-corrected chi connectivity index (χ4v) is 7.46. The smallest absolute Gasteiger partial charge is 0.227 e. The van der Waals surface area contributed by atoms with Gasteiger partial charge in [0.1, 0.15) is 10.7 Å². The predicted octanol–water partition coefficient (Wildman–Crippen LogP) is 3.47. The fourth-order valence-electron chi connectivity index (χ4n) is 5.94. The number of fused-ring (bicyclic) bond motifs is 2. The fraction of sp³-hybridized carbons (Fsp3) is 0.600. The third kappa shape index (κ3) is 4.07. The molecule has 3 atom stereocenters. The molecule has 1 aromatic heterocycles. The lowest BCUT2D eigenvalue weighted by Crippen LogP contribution is -2.49. The van der Waals surface area contributed by atoms with E-state index in [0.717, 1.165) is 86.3 Å². The molecule has 0 bridgehead atoms. The van der Waals surface area contributed by atoms with Crippen LogP contribution in [0.2, 0.25) is 5.02 Å². The zero-order valence-electron chi connectivity index (χ0n) is 19.4. The van der Waals surface area contributed by atoms with E-state index in [0.29, 0.717) is 23.4 Å². The van der Waals surface area contributed by atoms with Gasteiger partial charge in [0, 0.05) is 54.5 Å². The van der Waals surface area contributed by atoms with Gasteiger partial charge in [0.05, 0.1) is 28.6 Å². The molecule has 2 aromatic rings. The number of nitrogens with zero attached hydrogens (tertiary/aromatic N) is 4. The lowest BCUT2D eigenvalue weighted by molar-refractivity contribution is 0.143. The lowest BCUT2D eigenvalue weighted by atomic mass is 9.77. The molecule has 0 spiro atoms. The Labute approximate surface area is 208 Å². The number of benzene rings is 1. The Bertz CT molecular complexity index is 1070. The quantitative estimate of drug-likeness (QED) is 0.649. The van der Waals surface area contributed by atoms with Crippen LogP contribution < -0.4 is 15.1 Å². The summed E-state index contributed by atoms with van der Waals surface area (Å²) in [6.45, 7) is 3.98. The van der Waals surface area contributed by atoms with Crippen molar-refractivity contribution >= 4 is 39.9 Å². The van der Waals surface area contributed by atoms with Gasteiger partial charge in [-0.1, -0.05) is 11.6 Å². The van der Waals surface area contributed by atoms with E-state index in [1.807, 2.05) is 12.1 Å². The molecule has 9 heteroatoms. The van der Waals surface area contributed by atoms with Crippen molar-refractivity contribution in [2.45, 2.75) is 49.0 Å². The number of aromatic nitrogens is 2. The highest BCUT2D eigenvalue weighted by molar-refractivity contribution is 7.85. The van der Waals surface area contributed by atoms with Crippen LogP contribution in [0.3, 0.4) is 0 Å². The van der Waals surface area contributed by atoms with E-state index in [9.17, 15) is 9.32 Å². The Morgan fingerprint density at radius 2 is 1.74 bits per heavy atom. The highest BCUT2D eigenvalue weighted by Gasteiger charge is 2.42. The van der Waals surface area contributed by atoms with Gasteiger partial charge >= 0.3 is 0 Å². The lowest BCUT2D eigenvalue weighted by Gasteiger charge is -2.42. The summed E-state index contributed by atoms with van der Waals surface area (Å²) < 4.78 is 13.1. The van der Waals surface area contributed by atoms with E-state index in [1.54, 1.807) is 0 Å². The first kappa shape index (κ1) is 22.6. The number of hydrogen-bond donors (Lipinski definition) is 2. The van der Waals surface area contributed by atoms with Crippen LogP contribution in [0.5, 0.6) is 0 Å². The zero-order chi connectivity index (χ0) is 23.3. The standard InChI is InChI=1S/C25H32ClN5O2S/c26-19-5-7-20(8-6-19)30-12-17-14-31(15-18(17)13-30)24-27-21-4-1-2-11-34(33)22(21)23(28-24)29-25(16-32)9-3-10-25/h5-8,17-18,32H,1-4,9-16H2,(H,27,28,29)/t17?,18?,34-/m0/s1. The summed E-state index contributed by atoms with van der Waals surface area (Å²) in [5.41, 5.74) is 1.82. The maximum absolute atomic E-state index is 13.1. The second-order valence-electron chi connectivity index (χ2n) is 10.4. The van der Waals surface area contributed by atoms with Crippen LogP contribution in [-0.4, -0.2) is 63.4 Å². The summed E-state index contributed by atoms with van der Waals surface area (Å²) in [4.78, 5) is 15.5.